The highest BCUT2D eigenvalue weighted by Crippen LogP contribution is 2.23. The van der Waals surface area contributed by atoms with Gasteiger partial charge in [0.05, 0.1) is 11.2 Å². The van der Waals surface area contributed by atoms with Crippen LogP contribution in [0.15, 0.2) is 48.5 Å². The van der Waals surface area contributed by atoms with Crippen LogP contribution in [-0.4, -0.2) is 4.98 Å². The zero-order chi connectivity index (χ0) is 14.8. The molecule has 0 saturated heterocycles. The van der Waals surface area contributed by atoms with Crippen LogP contribution < -0.4 is 5.32 Å². The Kier molecular flexibility index (Phi) is 3.61. The first-order valence-electron chi connectivity index (χ1n) is 7.30. The Bertz CT molecular complexity index is 791. The number of hydrogen-bond acceptors (Lipinski definition) is 2. The Morgan fingerprint density at radius 2 is 1.71 bits per heavy atom. The number of nitrogens with one attached hydrogen (secondary N) is 1. The molecular weight excluding hydrogens is 256 g/mol. The van der Waals surface area contributed by atoms with Crippen LogP contribution in [0.4, 0.5) is 5.69 Å². The Morgan fingerprint density at radius 1 is 0.905 bits per heavy atom. The number of para-hydroxylation sites is 1. The molecule has 0 radical (unpaired) electrons. The second-order valence-electron chi connectivity index (χ2n) is 5.54. The maximum Gasteiger partial charge on any atom is 0.0936 e. The Labute approximate surface area is 125 Å². The molecule has 1 heterocycles. The monoisotopic (exact) mass is 276 g/mol. The van der Waals surface area contributed by atoms with Gasteiger partial charge < -0.3 is 5.32 Å². The maximum absolute atomic E-state index is 4.67. The molecule has 0 aliphatic rings. The van der Waals surface area contributed by atoms with Crippen molar-refractivity contribution in [2.45, 2.75) is 27.3 Å². The number of nitrogens with zero attached hydrogens (tertiary/aromatic N) is 1. The number of aryl methyl sites for hydroxylation is 2. The predicted molar refractivity (Wildman–Crippen MR) is 89.7 cm³/mol. The number of aromatic nitrogens is 1. The van der Waals surface area contributed by atoms with Crippen molar-refractivity contribution >= 4 is 16.6 Å². The molecule has 0 unspecified atom stereocenters. The van der Waals surface area contributed by atoms with Gasteiger partial charge in [-0.25, -0.2) is 0 Å². The summed E-state index contributed by atoms with van der Waals surface area (Å²) in [7, 11) is 0. The van der Waals surface area contributed by atoms with E-state index in [0.717, 1.165) is 23.4 Å². The Hall–Kier alpha value is -2.35. The number of rotatable bonds is 3. The molecule has 0 aliphatic carbocycles. The smallest absolute Gasteiger partial charge is 0.0936 e. The van der Waals surface area contributed by atoms with E-state index in [1.165, 1.54) is 22.1 Å². The fourth-order valence-corrected chi connectivity index (χ4v) is 2.58. The van der Waals surface area contributed by atoms with E-state index in [4.69, 9.17) is 0 Å². The molecule has 0 aliphatic heterocycles. The summed E-state index contributed by atoms with van der Waals surface area (Å²) >= 11 is 0. The summed E-state index contributed by atoms with van der Waals surface area (Å²) in [5.41, 5.74) is 7.21. The molecule has 2 nitrogen and oxygen atoms in total. The van der Waals surface area contributed by atoms with E-state index in [-0.39, 0.29) is 0 Å². The lowest BCUT2D eigenvalue weighted by Crippen LogP contribution is -2.03. The van der Waals surface area contributed by atoms with Crippen LogP contribution in [0, 0.1) is 20.8 Å². The van der Waals surface area contributed by atoms with Gasteiger partial charge in [0.15, 0.2) is 0 Å². The highest BCUT2D eigenvalue weighted by molar-refractivity contribution is 5.90. The molecule has 21 heavy (non-hydrogen) atoms. The largest absolute Gasteiger partial charge is 0.379 e. The average Bonchev–Trinajstić information content (AvgIpc) is 2.49. The normalized spacial score (nSPS) is 10.8. The lowest BCUT2D eigenvalue weighted by atomic mass is 10.0. The van der Waals surface area contributed by atoms with Crippen molar-refractivity contribution < 1.29 is 0 Å². The van der Waals surface area contributed by atoms with E-state index in [9.17, 15) is 0 Å². The quantitative estimate of drug-likeness (QED) is 0.745. The number of hydrogen-bond donors (Lipinski definition) is 1. The van der Waals surface area contributed by atoms with E-state index < -0.39 is 0 Å². The van der Waals surface area contributed by atoms with Gasteiger partial charge in [-0.3, -0.25) is 4.98 Å². The first-order chi connectivity index (χ1) is 10.1. The average molecular weight is 276 g/mol. The van der Waals surface area contributed by atoms with Crippen LogP contribution in [-0.2, 0) is 6.54 Å². The summed E-state index contributed by atoms with van der Waals surface area (Å²) < 4.78 is 0. The van der Waals surface area contributed by atoms with Gasteiger partial charge >= 0.3 is 0 Å². The SMILES string of the molecule is Cc1ccc2cccc(NCc3cccc(C)c3C)c2n1. The minimum absolute atomic E-state index is 0.822. The van der Waals surface area contributed by atoms with Crippen molar-refractivity contribution in [2.24, 2.45) is 0 Å². The third-order valence-corrected chi connectivity index (χ3v) is 4.05. The van der Waals surface area contributed by atoms with Gasteiger partial charge in [0.2, 0.25) is 0 Å². The van der Waals surface area contributed by atoms with Gasteiger partial charge in [-0.2, -0.15) is 0 Å². The third-order valence-electron chi connectivity index (χ3n) is 4.05. The van der Waals surface area contributed by atoms with Gasteiger partial charge in [0.25, 0.3) is 0 Å². The number of pyridine rings is 1. The van der Waals surface area contributed by atoms with E-state index >= 15 is 0 Å². The summed E-state index contributed by atoms with van der Waals surface area (Å²) in [4.78, 5) is 4.67. The van der Waals surface area contributed by atoms with Crippen molar-refractivity contribution in [3.8, 4) is 0 Å². The third kappa shape index (κ3) is 2.75. The zero-order valence-corrected chi connectivity index (χ0v) is 12.8. The van der Waals surface area contributed by atoms with Gasteiger partial charge in [-0.1, -0.05) is 36.4 Å². The molecule has 106 valence electrons. The maximum atomic E-state index is 4.67. The van der Waals surface area contributed by atoms with Crippen molar-refractivity contribution in [3.63, 3.8) is 0 Å². The number of anilines is 1. The van der Waals surface area contributed by atoms with Crippen LogP contribution in [0.3, 0.4) is 0 Å². The molecule has 0 spiro atoms. The van der Waals surface area contributed by atoms with E-state index in [2.05, 4.69) is 72.7 Å². The molecule has 2 aromatic carbocycles. The van der Waals surface area contributed by atoms with Crippen LogP contribution >= 0.6 is 0 Å². The fourth-order valence-electron chi connectivity index (χ4n) is 2.58. The Balaban J connectivity index is 1.92. The van der Waals surface area contributed by atoms with Gasteiger partial charge in [0, 0.05) is 17.6 Å². The minimum Gasteiger partial charge on any atom is -0.379 e. The van der Waals surface area contributed by atoms with Gasteiger partial charge in [-0.05, 0) is 49.6 Å². The van der Waals surface area contributed by atoms with E-state index in [1.54, 1.807) is 0 Å². The number of fused-ring (bicyclic) bond motifs is 1. The Morgan fingerprint density at radius 3 is 2.57 bits per heavy atom. The topological polar surface area (TPSA) is 24.9 Å². The zero-order valence-electron chi connectivity index (χ0n) is 12.8. The molecule has 1 aromatic heterocycles. The lowest BCUT2D eigenvalue weighted by Gasteiger charge is -2.12. The first-order valence-corrected chi connectivity index (χ1v) is 7.30. The summed E-state index contributed by atoms with van der Waals surface area (Å²) in [6.45, 7) is 7.18. The summed E-state index contributed by atoms with van der Waals surface area (Å²) in [6.07, 6.45) is 0. The lowest BCUT2D eigenvalue weighted by molar-refractivity contribution is 1.10. The molecule has 1 N–H and O–H groups in total. The predicted octanol–water partition coefficient (Wildman–Crippen LogP) is 4.77. The van der Waals surface area contributed by atoms with Gasteiger partial charge in [-0.15, -0.1) is 0 Å². The highest BCUT2D eigenvalue weighted by Gasteiger charge is 2.04. The van der Waals surface area contributed by atoms with Crippen LogP contribution in [0.2, 0.25) is 0 Å². The number of benzene rings is 2. The summed E-state index contributed by atoms with van der Waals surface area (Å²) in [6, 6.07) is 16.9. The van der Waals surface area contributed by atoms with Crippen LogP contribution in [0.5, 0.6) is 0 Å². The molecule has 0 bridgehead atoms. The standard InChI is InChI=1S/C19H20N2/c1-13-6-4-8-17(15(13)3)12-20-18-9-5-7-16-11-10-14(2)21-19(16)18/h4-11,20H,12H2,1-3H3. The minimum atomic E-state index is 0.822. The highest BCUT2D eigenvalue weighted by atomic mass is 14.9. The first kappa shape index (κ1) is 13.6. The van der Waals surface area contributed by atoms with Crippen molar-refractivity contribution in [2.75, 3.05) is 5.32 Å². The van der Waals surface area contributed by atoms with Crippen molar-refractivity contribution in [1.29, 1.82) is 0 Å². The summed E-state index contributed by atoms with van der Waals surface area (Å²) in [5, 5.41) is 4.71. The molecule has 3 aromatic rings. The molecular formula is C19H20N2. The molecule has 2 heteroatoms. The van der Waals surface area contributed by atoms with E-state index in [1.807, 2.05) is 6.92 Å². The fraction of sp³-hybridized carbons (Fsp3) is 0.211. The van der Waals surface area contributed by atoms with Crippen molar-refractivity contribution in [1.82, 2.24) is 4.98 Å². The molecule has 3 rings (SSSR count). The van der Waals surface area contributed by atoms with Crippen molar-refractivity contribution in [3.05, 3.63) is 70.9 Å². The van der Waals surface area contributed by atoms with Crippen LogP contribution in [0.25, 0.3) is 10.9 Å². The molecule has 0 fully saturated rings. The van der Waals surface area contributed by atoms with Gasteiger partial charge in [0.1, 0.15) is 0 Å². The molecule has 0 amide bonds. The molecule has 0 saturated carbocycles. The second kappa shape index (κ2) is 5.57. The molecule has 0 atom stereocenters. The van der Waals surface area contributed by atoms with E-state index in [0.29, 0.717) is 0 Å². The summed E-state index contributed by atoms with van der Waals surface area (Å²) in [5.74, 6) is 0. The van der Waals surface area contributed by atoms with Crippen LogP contribution in [0.1, 0.15) is 22.4 Å². The second-order valence-corrected chi connectivity index (χ2v) is 5.54.